The number of hydrogen-bond acceptors (Lipinski definition) is 10. The highest BCUT2D eigenvalue weighted by Gasteiger charge is 2.16. The number of halogens is 1. The number of hydrogen-bond donors (Lipinski definition) is 2. The lowest BCUT2D eigenvalue weighted by Gasteiger charge is -2.29. The minimum atomic E-state index is -0.383. The quantitative estimate of drug-likeness (QED) is 0.268. The van der Waals surface area contributed by atoms with Gasteiger partial charge in [-0.15, -0.1) is 0 Å². The topological polar surface area (TPSA) is 118 Å². The average Bonchev–Trinajstić information content (AvgIpc) is 3.18. The fraction of sp³-hybridized carbons (Fsp3) is 0.263. The number of piperazine rings is 2. The molecule has 0 atom stereocenters. The molecule has 0 saturated carbocycles. The number of aromatic nitrogens is 4. The standard InChI is InChI=1S/C20H22N4O3.C18H17FN4O/c1-26-17-4-3-14(11-18(17)27-2)16-13-22-19-12-15(5-8-24(19)20(16)25)23-9-6-21-7-10-23;19-15-4-2-1-3-14(15)16-11-18(24)23-12-13(5-6-17(23)21-16)22-9-7-20-8-10-22/h3-5,8,11-13,21H,6-7,9-10H2,1-2H3;1-6,11-12,20H,7-10H2. The van der Waals surface area contributed by atoms with Gasteiger partial charge in [0, 0.05) is 94.3 Å². The van der Waals surface area contributed by atoms with Crippen molar-refractivity contribution in [2.45, 2.75) is 0 Å². The lowest BCUT2D eigenvalue weighted by Crippen LogP contribution is -2.43. The molecule has 13 heteroatoms. The summed E-state index contributed by atoms with van der Waals surface area (Å²) >= 11 is 0. The number of pyridine rings is 2. The molecule has 2 N–H and O–H groups in total. The van der Waals surface area contributed by atoms with Crippen molar-refractivity contribution in [1.82, 2.24) is 29.4 Å². The summed E-state index contributed by atoms with van der Waals surface area (Å²) in [5.41, 5.74) is 4.86. The third-order valence-electron chi connectivity index (χ3n) is 9.15. The van der Waals surface area contributed by atoms with Crippen LogP contribution in [0.4, 0.5) is 15.8 Å². The zero-order valence-electron chi connectivity index (χ0n) is 28.5. The molecule has 2 aliphatic heterocycles. The van der Waals surface area contributed by atoms with Gasteiger partial charge in [0.15, 0.2) is 11.5 Å². The molecular weight excluding hydrogens is 651 g/mol. The molecule has 0 bridgehead atoms. The van der Waals surface area contributed by atoms with Gasteiger partial charge in [-0.1, -0.05) is 18.2 Å². The summed E-state index contributed by atoms with van der Waals surface area (Å²) in [4.78, 5) is 39.0. The van der Waals surface area contributed by atoms with Gasteiger partial charge in [0.25, 0.3) is 11.1 Å². The summed E-state index contributed by atoms with van der Waals surface area (Å²) in [6.07, 6.45) is 5.23. The van der Waals surface area contributed by atoms with Gasteiger partial charge in [-0.3, -0.25) is 18.4 Å². The van der Waals surface area contributed by atoms with Crippen LogP contribution in [-0.2, 0) is 0 Å². The van der Waals surface area contributed by atoms with Crippen LogP contribution in [0.1, 0.15) is 0 Å². The molecule has 2 aromatic carbocycles. The number of nitrogens with one attached hydrogen (secondary N) is 2. The number of methoxy groups -OCH3 is 2. The van der Waals surface area contributed by atoms with Crippen LogP contribution in [0.2, 0.25) is 0 Å². The largest absolute Gasteiger partial charge is 0.493 e. The Morgan fingerprint density at radius 3 is 2.12 bits per heavy atom. The van der Waals surface area contributed by atoms with Crippen LogP contribution in [0.15, 0.2) is 101 Å². The van der Waals surface area contributed by atoms with Crippen molar-refractivity contribution in [2.24, 2.45) is 0 Å². The Bertz CT molecular complexity index is 2300. The van der Waals surface area contributed by atoms with Crippen molar-refractivity contribution in [2.75, 3.05) is 76.4 Å². The van der Waals surface area contributed by atoms with Crippen molar-refractivity contribution in [3.05, 3.63) is 118 Å². The smallest absolute Gasteiger partial charge is 0.265 e. The molecule has 12 nitrogen and oxygen atoms in total. The molecule has 0 radical (unpaired) electrons. The van der Waals surface area contributed by atoms with E-state index in [9.17, 15) is 14.0 Å². The lowest BCUT2D eigenvalue weighted by atomic mass is 10.1. The van der Waals surface area contributed by atoms with Crippen molar-refractivity contribution in [3.63, 3.8) is 0 Å². The lowest BCUT2D eigenvalue weighted by molar-refractivity contribution is 0.355. The molecule has 0 aliphatic carbocycles. The molecular formula is C38H39FN8O4. The zero-order valence-corrected chi connectivity index (χ0v) is 28.5. The number of benzene rings is 2. The van der Waals surface area contributed by atoms with Crippen molar-refractivity contribution in [1.29, 1.82) is 0 Å². The second-order valence-corrected chi connectivity index (χ2v) is 12.2. The summed E-state index contributed by atoms with van der Waals surface area (Å²) in [5, 5.41) is 6.65. The Morgan fingerprint density at radius 2 is 1.41 bits per heavy atom. The normalized spacial score (nSPS) is 14.6. The molecule has 2 fully saturated rings. The molecule has 2 saturated heterocycles. The molecule has 8 rings (SSSR count). The van der Waals surface area contributed by atoms with Gasteiger partial charge in [-0.05, 0) is 48.0 Å². The first kappa shape index (κ1) is 33.7. The predicted molar refractivity (Wildman–Crippen MR) is 197 cm³/mol. The van der Waals surface area contributed by atoms with Gasteiger partial charge >= 0.3 is 0 Å². The molecule has 6 aromatic rings. The maximum Gasteiger partial charge on any atom is 0.265 e. The third kappa shape index (κ3) is 7.12. The van der Waals surface area contributed by atoms with Crippen molar-refractivity contribution >= 4 is 22.7 Å². The first-order chi connectivity index (χ1) is 24.9. The van der Waals surface area contributed by atoms with Gasteiger partial charge in [-0.25, -0.2) is 14.4 Å². The number of fused-ring (bicyclic) bond motifs is 2. The first-order valence-corrected chi connectivity index (χ1v) is 16.9. The Labute approximate surface area is 293 Å². The van der Waals surface area contributed by atoms with Crippen LogP contribution < -0.4 is 41.0 Å². The molecule has 6 heterocycles. The van der Waals surface area contributed by atoms with E-state index in [4.69, 9.17) is 9.47 Å². The van der Waals surface area contributed by atoms with E-state index in [0.717, 1.165) is 69.3 Å². The summed E-state index contributed by atoms with van der Waals surface area (Å²) in [6, 6.07) is 20.8. The van der Waals surface area contributed by atoms with Gasteiger partial charge in [0.05, 0.1) is 31.2 Å². The predicted octanol–water partition coefficient (Wildman–Crippen LogP) is 3.70. The molecule has 262 valence electrons. The van der Waals surface area contributed by atoms with Crippen LogP contribution >= 0.6 is 0 Å². The fourth-order valence-electron chi connectivity index (χ4n) is 6.39. The summed E-state index contributed by atoms with van der Waals surface area (Å²) in [7, 11) is 3.16. The van der Waals surface area contributed by atoms with E-state index in [1.54, 1.807) is 67.5 Å². The maximum atomic E-state index is 14.0. The monoisotopic (exact) mass is 690 g/mol. The summed E-state index contributed by atoms with van der Waals surface area (Å²) < 4.78 is 27.7. The molecule has 0 amide bonds. The van der Waals surface area contributed by atoms with Crippen LogP contribution in [0.5, 0.6) is 11.5 Å². The highest BCUT2D eigenvalue weighted by Crippen LogP contribution is 2.31. The molecule has 51 heavy (non-hydrogen) atoms. The Balaban J connectivity index is 0.000000160. The van der Waals surface area contributed by atoms with Gasteiger partial charge in [0.2, 0.25) is 0 Å². The van der Waals surface area contributed by atoms with E-state index < -0.39 is 0 Å². The van der Waals surface area contributed by atoms with E-state index in [2.05, 4.69) is 30.4 Å². The number of anilines is 2. The van der Waals surface area contributed by atoms with E-state index in [0.29, 0.717) is 39.6 Å². The highest BCUT2D eigenvalue weighted by atomic mass is 19.1. The molecule has 4 aromatic heterocycles. The molecule has 0 unspecified atom stereocenters. The Kier molecular flexibility index (Phi) is 9.90. The van der Waals surface area contributed by atoms with Crippen molar-refractivity contribution in [3.8, 4) is 33.9 Å². The molecule has 0 spiro atoms. The Morgan fingerprint density at radius 1 is 0.706 bits per heavy atom. The summed E-state index contributed by atoms with van der Waals surface area (Å²) in [6.45, 7) is 7.48. The third-order valence-corrected chi connectivity index (χ3v) is 9.15. The SMILES string of the molecule is COc1ccc(-c2cnc3cc(N4CCNCC4)ccn3c2=O)cc1OC.O=c1cc(-c2ccccc2F)nc2ccc(N3CCNCC3)cn12. The fourth-order valence-corrected chi connectivity index (χ4v) is 6.39. The summed E-state index contributed by atoms with van der Waals surface area (Å²) in [5.74, 6) is 0.815. The minimum Gasteiger partial charge on any atom is -0.493 e. The van der Waals surface area contributed by atoms with E-state index in [-0.39, 0.29) is 16.9 Å². The molecule has 2 aliphatic rings. The minimum absolute atomic E-state index is 0.112. The van der Waals surface area contributed by atoms with Crippen LogP contribution in [0.25, 0.3) is 33.7 Å². The second-order valence-electron chi connectivity index (χ2n) is 12.2. The van der Waals surface area contributed by atoms with Gasteiger partial charge in [-0.2, -0.15) is 0 Å². The number of rotatable bonds is 6. The number of ether oxygens (including phenoxy) is 2. The Hall–Kier alpha value is -5.79. The number of nitrogens with zero attached hydrogens (tertiary/aromatic N) is 6. The van der Waals surface area contributed by atoms with Crippen molar-refractivity contribution < 1.29 is 13.9 Å². The zero-order chi connectivity index (χ0) is 35.3. The second kappa shape index (κ2) is 15.0. The van der Waals surface area contributed by atoms with Gasteiger partial charge < -0.3 is 29.9 Å². The maximum absolute atomic E-state index is 14.0. The van der Waals surface area contributed by atoms with Crippen LogP contribution in [-0.4, -0.2) is 85.3 Å². The van der Waals surface area contributed by atoms with E-state index in [1.807, 2.05) is 30.3 Å². The van der Waals surface area contributed by atoms with Gasteiger partial charge in [0.1, 0.15) is 17.1 Å². The van der Waals surface area contributed by atoms with Crippen LogP contribution in [0, 0.1) is 5.82 Å². The van der Waals surface area contributed by atoms with Crippen LogP contribution in [0.3, 0.4) is 0 Å². The highest BCUT2D eigenvalue weighted by molar-refractivity contribution is 5.68. The average molecular weight is 691 g/mol. The van der Waals surface area contributed by atoms with E-state index >= 15 is 0 Å². The van der Waals surface area contributed by atoms with E-state index in [1.165, 1.54) is 16.5 Å². The first-order valence-electron chi connectivity index (χ1n) is 16.9.